The van der Waals surface area contributed by atoms with E-state index in [1.807, 2.05) is 0 Å². The highest BCUT2D eigenvalue weighted by Crippen LogP contribution is 2.10. The van der Waals surface area contributed by atoms with E-state index in [2.05, 4.69) is 10.2 Å². The van der Waals surface area contributed by atoms with Gasteiger partial charge in [-0.1, -0.05) is 0 Å². The van der Waals surface area contributed by atoms with Gasteiger partial charge in [-0.25, -0.2) is 0 Å². The second-order valence-electron chi connectivity index (χ2n) is 2.48. The average Bonchev–Trinajstić information content (AvgIpc) is 2.05. The van der Waals surface area contributed by atoms with Gasteiger partial charge in [-0.15, -0.1) is 0 Å². The normalized spacial score (nSPS) is 25.9. The van der Waals surface area contributed by atoms with E-state index in [9.17, 15) is 4.79 Å². The summed E-state index contributed by atoms with van der Waals surface area (Å²) in [6.07, 6.45) is 1.92. The van der Waals surface area contributed by atoms with Crippen molar-refractivity contribution in [3.63, 3.8) is 0 Å². The summed E-state index contributed by atoms with van der Waals surface area (Å²) in [5.41, 5.74) is 0. The van der Waals surface area contributed by atoms with Crippen LogP contribution in [0.25, 0.3) is 0 Å². The van der Waals surface area contributed by atoms with Gasteiger partial charge in [-0.05, 0) is 19.4 Å². The lowest BCUT2D eigenvalue weighted by atomic mass is 10.0. The number of carbonyl (C=O) groups excluding carboxylic acids is 1. The van der Waals surface area contributed by atoms with Crippen molar-refractivity contribution in [1.29, 1.82) is 0 Å². The maximum atomic E-state index is 10.8. The van der Waals surface area contributed by atoms with Crippen LogP contribution in [0.15, 0.2) is 0 Å². The third-order valence-electron chi connectivity index (χ3n) is 1.75. The zero-order chi connectivity index (χ0) is 7.40. The first-order valence-corrected chi connectivity index (χ1v) is 3.46. The Morgan fingerprint density at radius 2 is 2.50 bits per heavy atom. The fourth-order valence-electron chi connectivity index (χ4n) is 1.15. The molecule has 0 bridgehead atoms. The minimum Gasteiger partial charge on any atom is -0.373 e. The van der Waals surface area contributed by atoms with Crippen LogP contribution in [0, 0.1) is 5.92 Å². The van der Waals surface area contributed by atoms with Gasteiger partial charge in [-0.2, -0.15) is 5.90 Å². The molecule has 1 unspecified atom stereocenters. The number of nitrogens with one attached hydrogen (secondary N) is 1. The zero-order valence-electron chi connectivity index (χ0n) is 5.80. The van der Waals surface area contributed by atoms with E-state index in [1.54, 1.807) is 0 Å². The molecule has 0 amide bonds. The van der Waals surface area contributed by atoms with Crippen LogP contribution >= 0.6 is 0 Å². The highest BCUT2D eigenvalue weighted by molar-refractivity contribution is 5.72. The van der Waals surface area contributed by atoms with Gasteiger partial charge in [-0.3, -0.25) is 4.79 Å². The first kappa shape index (κ1) is 7.50. The number of hydrogen-bond acceptors (Lipinski definition) is 4. The molecular formula is C6H12N2O2. The molecular weight excluding hydrogens is 132 g/mol. The highest BCUT2D eigenvalue weighted by Gasteiger charge is 2.21. The van der Waals surface area contributed by atoms with Crippen molar-refractivity contribution in [3.05, 3.63) is 0 Å². The van der Waals surface area contributed by atoms with Crippen molar-refractivity contribution >= 4 is 5.97 Å². The van der Waals surface area contributed by atoms with E-state index in [1.165, 1.54) is 0 Å². The molecule has 4 heteroatoms. The first-order chi connectivity index (χ1) is 4.84. The second kappa shape index (κ2) is 3.53. The topological polar surface area (TPSA) is 64.3 Å². The van der Waals surface area contributed by atoms with E-state index in [4.69, 9.17) is 5.90 Å². The molecule has 0 radical (unpaired) electrons. The molecule has 4 nitrogen and oxygen atoms in total. The Labute approximate surface area is 59.7 Å². The summed E-state index contributed by atoms with van der Waals surface area (Å²) < 4.78 is 0. The molecule has 0 aromatic heterocycles. The monoisotopic (exact) mass is 144 g/mol. The Bertz CT molecular complexity index is 121. The van der Waals surface area contributed by atoms with E-state index in [0.717, 1.165) is 19.4 Å². The molecule has 3 N–H and O–H groups in total. The predicted octanol–water partition coefficient (Wildman–Crippen LogP) is -0.597. The van der Waals surface area contributed by atoms with Gasteiger partial charge < -0.3 is 10.2 Å². The van der Waals surface area contributed by atoms with Gasteiger partial charge in [0.1, 0.15) is 0 Å². The van der Waals surface area contributed by atoms with Crippen molar-refractivity contribution in [2.45, 2.75) is 12.8 Å². The summed E-state index contributed by atoms with van der Waals surface area (Å²) in [4.78, 5) is 14.9. The van der Waals surface area contributed by atoms with E-state index < -0.39 is 0 Å². The lowest BCUT2D eigenvalue weighted by molar-refractivity contribution is -0.149. The predicted molar refractivity (Wildman–Crippen MR) is 35.9 cm³/mol. The van der Waals surface area contributed by atoms with Crippen LogP contribution in [0.1, 0.15) is 12.8 Å². The fraction of sp³-hybridized carbons (Fsp3) is 0.833. The van der Waals surface area contributed by atoms with Crippen LogP contribution in [-0.2, 0) is 9.63 Å². The summed E-state index contributed by atoms with van der Waals surface area (Å²) >= 11 is 0. The van der Waals surface area contributed by atoms with Crippen molar-refractivity contribution in [2.24, 2.45) is 11.8 Å². The second-order valence-corrected chi connectivity index (χ2v) is 2.48. The Morgan fingerprint density at radius 3 is 3.00 bits per heavy atom. The van der Waals surface area contributed by atoms with Crippen molar-refractivity contribution < 1.29 is 9.63 Å². The molecule has 1 rings (SSSR count). The molecule has 0 saturated carbocycles. The van der Waals surface area contributed by atoms with Crippen LogP contribution in [0.4, 0.5) is 0 Å². The van der Waals surface area contributed by atoms with E-state index >= 15 is 0 Å². The lowest BCUT2D eigenvalue weighted by Gasteiger charge is -2.19. The smallest absolute Gasteiger partial charge is 0.328 e. The molecule has 0 spiro atoms. The molecule has 1 aliphatic rings. The maximum Gasteiger partial charge on any atom is 0.328 e. The van der Waals surface area contributed by atoms with Gasteiger partial charge in [0.05, 0.1) is 5.92 Å². The Morgan fingerprint density at radius 1 is 1.70 bits per heavy atom. The molecule has 0 aliphatic carbocycles. The Hall–Kier alpha value is -0.610. The third kappa shape index (κ3) is 1.68. The molecule has 1 atom stereocenters. The SMILES string of the molecule is NOC(=O)C1CCCNC1. The summed E-state index contributed by atoms with van der Waals surface area (Å²) in [5, 5.41) is 3.09. The summed E-state index contributed by atoms with van der Waals surface area (Å²) in [6.45, 7) is 1.70. The zero-order valence-corrected chi connectivity index (χ0v) is 5.80. The highest BCUT2D eigenvalue weighted by atomic mass is 16.7. The van der Waals surface area contributed by atoms with Gasteiger partial charge >= 0.3 is 5.97 Å². The van der Waals surface area contributed by atoms with E-state index in [-0.39, 0.29) is 11.9 Å². The first-order valence-electron chi connectivity index (χ1n) is 3.46. The van der Waals surface area contributed by atoms with Gasteiger partial charge in [0.25, 0.3) is 0 Å². The maximum absolute atomic E-state index is 10.8. The largest absolute Gasteiger partial charge is 0.373 e. The number of nitrogens with two attached hydrogens (primary N) is 1. The quantitative estimate of drug-likeness (QED) is 0.482. The van der Waals surface area contributed by atoms with Crippen LogP contribution in [0.2, 0.25) is 0 Å². The van der Waals surface area contributed by atoms with Crippen molar-refractivity contribution in [2.75, 3.05) is 13.1 Å². The van der Waals surface area contributed by atoms with Crippen LogP contribution in [0.5, 0.6) is 0 Å². The Balaban J connectivity index is 2.31. The molecule has 0 aromatic rings. The summed E-state index contributed by atoms with van der Waals surface area (Å²) in [6, 6.07) is 0. The molecule has 10 heavy (non-hydrogen) atoms. The third-order valence-corrected chi connectivity index (χ3v) is 1.75. The van der Waals surface area contributed by atoms with Crippen molar-refractivity contribution in [1.82, 2.24) is 5.32 Å². The number of rotatable bonds is 1. The minimum atomic E-state index is -0.299. The molecule has 1 saturated heterocycles. The van der Waals surface area contributed by atoms with Gasteiger partial charge in [0, 0.05) is 6.54 Å². The molecule has 58 valence electrons. The number of piperidine rings is 1. The molecule has 1 aliphatic heterocycles. The fourth-order valence-corrected chi connectivity index (χ4v) is 1.15. The van der Waals surface area contributed by atoms with E-state index in [0.29, 0.717) is 6.54 Å². The molecule has 1 fully saturated rings. The summed E-state index contributed by atoms with van der Waals surface area (Å²) in [7, 11) is 0. The number of carbonyl (C=O) groups is 1. The number of hydrogen-bond donors (Lipinski definition) is 2. The van der Waals surface area contributed by atoms with Gasteiger partial charge in [0.15, 0.2) is 0 Å². The summed E-state index contributed by atoms with van der Waals surface area (Å²) in [5.74, 6) is 4.40. The minimum absolute atomic E-state index is 0.0289. The van der Waals surface area contributed by atoms with Gasteiger partial charge in [0.2, 0.25) is 0 Å². The molecule has 1 heterocycles. The van der Waals surface area contributed by atoms with Crippen LogP contribution < -0.4 is 11.2 Å². The van der Waals surface area contributed by atoms with Crippen LogP contribution in [0.3, 0.4) is 0 Å². The molecule has 0 aromatic carbocycles. The average molecular weight is 144 g/mol. The lowest BCUT2D eigenvalue weighted by Crippen LogP contribution is -2.36. The van der Waals surface area contributed by atoms with Crippen LogP contribution in [-0.4, -0.2) is 19.1 Å². The Kier molecular flexibility index (Phi) is 2.65. The standard InChI is InChI=1S/C6H12N2O2/c7-10-6(9)5-2-1-3-8-4-5/h5,8H,1-4,7H2. The van der Waals surface area contributed by atoms with Crippen molar-refractivity contribution in [3.8, 4) is 0 Å².